The van der Waals surface area contributed by atoms with Crippen molar-refractivity contribution in [2.24, 2.45) is 5.41 Å². The van der Waals surface area contributed by atoms with Crippen molar-refractivity contribution in [3.05, 3.63) is 25.3 Å². The molecule has 0 aromatic heterocycles. The molecule has 0 saturated carbocycles. The second kappa shape index (κ2) is 6.54. The Balaban J connectivity index is 6.33. The molecule has 12 heteroatoms. The minimum atomic E-state index is -6.70. The Morgan fingerprint density at radius 2 is 1.13 bits per heavy atom. The molecule has 0 spiro atoms. The Bertz CT molecular complexity index is 463. The van der Waals surface area contributed by atoms with Crippen molar-refractivity contribution >= 4 is 11.9 Å². The maximum Gasteiger partial charge on any atom is 0.427 e. The first-order valence-electron chi connectivity index (χ1n) is 5.31. The second-order valence-corrected chi connectivity index (χ2v) is 3.82. The Labute approximate surface area is 123 Å². The quantitative estimate of drug-likeness (QED) is 0.400. The van der Waals surface area contributed by atoms with E-state index in [9.17, 15) is 44.7 Å². The van der Waals surface area contributed by atoms with Crippen LogP contribution in [0.25, 0.3) is 0 Å². The van der Waals surface area contributed by atoms with Gasteiger partial charge in [0.2, 0.25) is 0 Å². The lowest BCUT2D eigenvalue weighted by atomic mass is 9.85. The van der Waals surface area contributed by atoms with E-state index < -0.39 is 42.4 Å². The number of carbonyl (C=O) groups excluding carboxylic acids is 2. The van der Waals surface area contributed by atoms with E-state index in [0.29, 0.717) is 0 Å². The molecule has 0 radical (unpaired) electrons. The highest BCUT2D eigenvalue weighted by Gasteiger charge is 2.86. The van der Waals surface area contributed by atoms with E-state index in [4.69, 9.17) is 0 Å². The zero-order chi connectivity index (χ0) is 18.7. The Hall–Kier alpha value is -2.14. The van der Waals surface area contributed by atoms with Crippen LogP contribution < -0.4 is 0 Å². The highest BCUT2D eigenvalue weighted by molar-refractivity contribution is 5.82. The largest absolute Gasteiger partial charge is 0.427 e. The molecule has 0 rings (SSSR count). The third-order valence-electron chi connectivity index (χ3n) is 2.47. The summed E-state index contributed by atoms with van der Waals surface area (Å²) in [6.07, 6.45) is -19.1. The summed E-state index contributed by atoms with van der Waals surface area (Å²) >= 11 is 0. The maximum atomic E-state index is 13.6. The lowest BCUT2D eigenvalue weighted by Crippen LogP contribution is -2.66. The summed E-state index contributed by atoms with van der Waals surface area (Å²) in [4.78, 5) is 21.3. The predicted molar refractivity (Wildman–Crippen MR) is 56.9 cm³/mol. The van der Waals surface area contributed by atoms with Crippen molar-refractivity contribution in [3.63, 3.8) is 0 Å². The van der Waals surface area contributed by atoms with Crippen molar-refractivity contribution in [3.8, 4) is 0 Å². The van der Waals surface area contributed by atoms with Gasteiger partial charge in [-0.25, -0.2) is 14.0 Å². The normalized spacial score (nSPS) is 13.2. The molecular weight excluding hydrogens is 348 g/mol. The van der Waals surface area contributed by atoms with Crippen molar-refractivity contribution in [2.75, 3.05) is 6.67 Å². The third-order valence-corrected chi connectivity index (χ3v) is 2.47. The number of esters is 2. The van der Waals surface area contributed by atoms with E-state index in [-0.39, 0.29) is 12.2 Å². The molecule has 0 amide bonds. The molecule has 0 bridgehead atoms. The van der Waals surface area contributed by atoms with Gasteiger partial charge in [-0.15, -0.1) is 0 Å². The third kappa shape index (κ3) is 3.62. The van der Waals surface area contributed by atoms with E-state index in [2.05, 4.69) is 22.6 Å². The Morgan fingerprint density at radius 3 is 1.30 bits per heavy atom. The van der Waals surface area contributed by atoms with Crippen molar-refractivity contribution < 1.29 is 54.2 Å². The minimum Gasteiger partial charge on any atom is -0.396 e. The molecule has 0 fully saturated rings. The van der Waals surface area contributed by atoms with Crippen LogP contribution in [0, 0.1) is 5.41 Å². The molecule has 23 heavy (non-hydrogen) atoms. The fourth-order valence-electron chi connectivity index (χ4n) is 1.24. The zero-order valence-corrected chi connectivity index (χ0v) is 10.9. The fraction of sp³-hybridized carbons (Fsp3) is 0.455. The van der Waals surface area contributed by atoms with Gasteiger partial charge in [0.15, 0.2) is 0 Å². The van der Waals surface area contributed by atoms with E-state index >= 15 is 0 Å². The molecule has 0 heterocycles. The van der Waals surface area contributed by atoms with Crippen LogP contribution in [0.3, 0.4) is 0 Å². The van der Waals surface area contributed by atoms with Gasteiger partial charge in [-0.2, -0.15) is 30.7 Å². The number of ether oxygens (including phenoxy) is 2. The van der Waals surface area contributed by atoms with Gasteiger partial charge in [-0.1, -0.05) is 13.2 Å². The molecular formula is C11H8F8O4. The van der Waals surface area contributed by atoms with Crippen molar-refractivity contribution in [2.45, 2.75) is 18.4 Å². The number of hydrogen-bond acceptors (Lipinski definition) is 4. The average Bonchev–Trinajstić information content (AvgIpc) is 2.35. The molecule has 132 valence electrons. The molecule has 0 atom stereocenters. The van der Waals surface area contributed by atoms with Gasteiger partial charge in [0.1, 0.15) is 6.67 Å². The predicted octanol–water partition coefficient (Wildman–Crippen LogP) is 3.15. The Morgan fingerprint density at radius 1 is 0.826 bits per heavy atom. The molecule has 0 aromatic carbocycles. The van der Waals surface area contributed by atoms with E-state index in [1.165, 1.54) is 0 Å². The molecule has 0 aliphatic carbocycles. The monoisotopic (exact) mass is 356 g/mol. The summed E-state index contributed by atoms with van der Waals surface area (Å²) in [5.74, 6) is -4.49. The van der Waals surface area contributed by atoms with Crippen LogP contribution in [0.1, 0.15) is 0 Å². The summed E-state index contributed by atoms with van der Waals surface area (Å²) in [5, 5.41) is 0. The van der Waals surface area contributed by atoms with Gasteiger partial charge in [-0.05, 0) is 0 Å². The van der Waals surface area contributed by atoms with Crippen LogP contribution >= 0.6 is 0 Å². The summed E-state index contributed by atoms with van der Waals surface area (Å²) in [7, 11) is 0. The van der Waals surface area contributed by atoms with E-state index in [1.807, 2.05) is 0 Å². The second-order valence-electron chi connectivity index (χ2n) is 3.82. The van der Waals surface area contributed by atoms with Gasteiger partial charge >= 0.3 is 30.3 Å². The SMILES string of the molecule is C=CC(=O)OC(F)(F)C(CF)(C(F)(F)F)C(F)(F)OC(=O)C=C. The van der Waals surface area contributed by atoms with Crippen LogP contribution in [-0.2, 0) is 19.1 Å². The van der Waals surface area contributed by atoms with Crippen LogP contribution in [0.2, 0.25) is 0 Å². The van der Waals surface area contributed by atoms with Gasteiger partial charge in [-0.3, -0.25) is 0 Å². The fourth-order valence-corrected chi connectivity index (χ4v) is 1.24. The highest BCUT2D eigenvalue weighted by Crippen LogP contribution is 2.59. The molecule has 0 N–H and O–H groups in total. The van der Waals surface area contributed by atoms with E-state index in [0.717, 1.165) is 0 Å². The number of halogens is 8. The van der Waals surface area contributed by atoms with Gasteiger partial charge in [0.25, 0.3) is 5.41 Å². The standard InChI is InChI=1S/C11H8F8O4/c1-3-6(20)22-10(16,17)8(5-12,9(13,14)15)11(18,19)23-7(21)4-2/h3-4H,1-2,5H2. The lowest BCUT2D eigenvalue weighted by molar-refractivity contribution is -0.460. The van der Waals surface area contributed by atoms with Gasteiger partial charge in [0.05, 0.1) is 0 Å². The topological polar surface area (TPSA) is 52.6 Å². The van der Waals surface area contributed by atoms with Crippen molar-refractivity contribution in [1.29, 1.82) is 0 Å². The lowest BCUT2D eigenvalue weighted by Gasteiger charge is -2.41. The van der Waals surface area contributed by atoms with Crippen molar-refractivity contribution in [1.82, 2.24) is 0 Å². The number of carbonyl (C=O) groups is 2. The molecule has 0 unspecified atom stereocenters. The van der Waals surface area contributed by atoms with E-state index in [1.54, 1.807) is 0 Å². The maximum absolute atomic E-state index is 13.6. The first-order chi connectivity index (χ1) is 10.2. The molecule has 0 aromatic rings. The minimum absolute atomic E-state index is 0.0683. The van der Waals surface area contributed by atoms with Crippen LogP contribution in [0.15, 0.2) is 25.3 Å². The summed E-state index contributed by atoms with van der Waals surface area (Å²) in [6.45, 7) is 1.66. The average molecular weight is 356 g/mol. The van der Waals surface area contributed by atoms with Crippen LogP contribution in [0.5, 0.6) is 0 Å². The summed E-state index contributed by atoms with van der Waals surface area (Å²) in [6, 6.07) is 0. The number of hydrogen-bond donors (Lipinski definition) is 0. The van der Waals surface area contributed by atoms with Gasteiger partial charge < -0.3 is 9.47 Å². The first kappa shape index (κ1) is 20.9. The Kier molecular flexibility index (Phi) is 5.93. The van der Waals surface area contributed by atoms with Crippen LogP contribution in [0.4, 0.5) is 35.1 Å². The number of rotatable bonds is 7. The molecule has 4 nitrogen and oxygen atoms in total. The first-order valence-corrected chi connectivity index (χ1v) is 5.31. The molecule has 0 aliphatic rings. The smallest absolute Gasteiger partial charge is 0.396 e. The van der Waals surface area contributed by atoms with Crippen LogP contribution in [-0.4, -0.2) is 37.0 Å². The number of alkyl halides is 8. The molecule has 0 aliphatic heterocycles. The molecule has 0 saturated heterocycles. The van der Waals surface area contributed by atoms with Gasteiger partial charge in [0, 0.05) is 12.2 Å². The summed E-state index contributed by atoms with van der Waals surface area (Å²) in [5.41, 5.74) is -5.98. The summed E-state index contributed by atoms with van der Waals surface area (Å²) < 4.78 is 111. The zero-order valence-electron chi connectivity index (χ0n) is 10.9. The highest BCUT2D eigenvalue weighted by atomic mass is 19.4.